The number of hydrogen-bond donors (Lipinski definition) is 2. The number of nitrogens with zero attached hydrogens (tertiary/aromatic N) is 1. The third kappa shape index (κ3) is 2.57. The number of imidazole rings is 1. The second-order valence-electron chi connectivity index (χ2n) is 4.71. The molecule has 102 valence electrons. The Balaban J connectivity index is 1.94. The number of fused-ring (bicyclic) bond motifs is 1. The van der Waals surface area contributed by atoms with Gasteiger partial charge in [-0.25, -0.2) is 4.98 Å². The van der Waals surface area contributed by atoms with Crippen molar-refractivity contribution in [3.63, 3.8) is 0 Å². The van der Waals surface area contributed by atoms with Crippen molar-refractivity contribution in [2.24, 2.45) is 5.73 Å². The summed E-state index contributed by atoms with van der Waals surface area (Å²) in [6.07, 6.45) is 0.928. The summed E-state index contributed by atoms with van der Waals surface area (Å²) < 4.78 is 0. The van der Waals surface area contributed by atoms with Crippen LogP contribution in [0.1, 0.15) is 24.9 Å². The van der Waals surface area contributed by atoms with Gasteiger partial charge in [-0.2, -0.15) is 0 Å². The van der Waals surface area contributed by atoms with E-state index >= 15 is 0 Å². The van der Waals surface area contributed by atoms with E-state index in [0.717, 1.165) is 22.6 Å². The van der Waals surface area contributed by atoms with Gasteiger partial charge in [0.1, 0.15) is 0 Å². The standard InChI is InChI=1S/C16H17N3S/c1-2-12(17)11-7-3-6-10-15(11)20-16-18-13-8-4-5-9-14(13)19-16/h3-10,12H,2,17H2,1H3,(H,18,19)/t12-/m0/s1. The molecular formula is C16H17N3S. The lowest BCUT2D eigenvalue weighted by Crippen LogP contribution is -2.09. The Labute approximate surface area is 122 Å². The van der Waals surface area contributed by atoms with Gasteiger partial charge >= 0.3 is 0 Å². The first-order chi connectivity index (χ1) is 9.78. The highest BCUT2D eigenvalue weighted by Crippen LogP contribution is 2.32. The lowest BCUT2D eigenvalue weighted by atomic mass is 10.1. The Kier molecular flexibility index (Phi) is 3.76. The zero-order valence-electron chi connectivity index (χ0n) is 11.3. The molecule has 1 aromatic heterocycles. The first-order valence-electron chi connectivity index (χ1n) is 6.75. The van der Waals surface area contributed by atoms with Crippen molar-refractivity contribution in [1.82, 2.24) is 9.97 Å². The number of rotatable bonds is 4. The highest BCUT2D eigenvalue weighted by atomic mass is 32.2. The Morgan fingerprint density at radius 3 is 2.70 bits per heavy atom. The highest BCUT2D eigenvalue weighted by Gasteiger charge is 2.11. The van der Waals surface area contributed by atoms with Gasteiger partial charge in [0.2, 0.25) is 0 Å². The number of hydrogen-bond acceptors (Lipinski definition) is 3. The van der Waals surface area contributed by atoms with Crippen LogP contribution in [-0.4, -0.2) is 9.97 Å². The van der Waals surface area contributed by atoms with Crippen molar-refractivity contribution in [1.29, 1.82) is 0 Å². The van der Waals surface area contributed by atoms with Crippen LogP contribution in [0, 0.1) is 0 Å². The fourth-order valence-corrected chi connectivity index (χ4v) is 3.18. The Hall–Kier alpha value is -1.78. The molecule has 0 bridgehead atoms. The number of nitrogens with two attached hydrogens (primary N) is 1. The predicted molar refractivity (Wildman–Crippen MR) is 83.9 cm³/mol. The van der Waals surface area contributed by atoms with Gasteiger partial charge in [0, 0.05) is 10.9 Å². The van der Waals surface area contributed by atoms with Crippen molar-refractivity contribution >= 4 is 22.8 Å². The van der Waals surface area contributed by atoms with Crippen molar-refractivity contribution in [3.05, 3.63) is 54.1 Å². The van der Waals surface area contributed by atoms with Crippen LogP contribution in [0.25, 0.3) is 11.0 Å². The molecule has 3 nitrogen and oxygen atoms in total. The summed E-state index contributed by atoms with van der Waals surface area (Å²) in [5.74, 6) is 0. The average Bonchev–Trinajstić information content (AvgIpc) is 2.89. The highest BCUT2D eigenvalue weighted by molar-refractivity contribution is 7.99. The van der Waals surface area contributed by atoms with Gasteiger partial charge in [-0.15, -0.1) is 0 Å². The quantitative estimate of drug-likeness (QED) is 0.757. The molecule has 1 atom stereocenters. The van der Waals surface area contributed by atoms with E-state index in [4.69, 9.17) is 5.73 Å². The molecule has 20 heavy (non-hydrogen) atoms. The second kappa shape index (κ2) is 5.69. The molecule has 3 aromatic rings. The molecule has 2 aromatic carbocycles. The molecule has 1 heterocycles. The summed E-state index contributed by atoms with van der Waals surface area (Å²) in [6, 6.07) is 16.4. The lowest BCUT2D eigenvalue weighted by molar-refractivity contribution is 0.685. The third-order valence-electron chi connectivity index (χ3n) is 3.33. The number of para-hydroxylation sites is 2. The van der Waals surface area contributed by atoms with Gasteiger partial charge in [0.25, 0.3) is 0 Å². The SMILES string of the molecule is CC[C@H](N)c1ccccc1Sc1nc2ccccc2[nH]1. The molecule has 0 aliphatic rings. The fourth-order valence-electron chi connectivity index (χ4n) is 2.18. The van der Waals surface area contributed by atoms with Gasteiger partial charge in [0.05, 0.1) is 11.0 Å². The topological polar surface area (TPSA) is 54.7 Å². The molecule has 4 heteroatoms. The Bertz CT molecular complexity index is 687. The molecule has 0 aliphatic carbocycles. The minimum atomic E-state index is 0.0723. The average molecular weight is 283 g/mol. The minimum Gasteiger partial charge on any atom is -0.333 e. The zero-order valence-corrected chi connectivity index (χ0v) is 12.2. The van der Waals surface area contributed by atoms with Gasteiger partial charge in [-0.3, -0.25) is 0 Å². The van der Waals surface area contributed by atoms with E-state index in [-0.39, 0.29) is 6.04 Å². The molecule has 0 saturated heterocycles. The molecular weight excluding hydrogens is 266 g/mol. The Morgan fingerprint density at radius 2 is 1.90 bits per heavy atom. The van der Waals surface area contributed by atoms with Crippen LogP contribution in [0.2, 0.25) is 0 Å². The van der Waals surface area contributed by atoms with Crippen molar-refractivity contribution in [2.75, 3.05) is 0 Å². The van der Waals surface area contributed by atoms with Crippen molar-refractivity contribution < 1.29 is 0 Å². The first-order valence-corrected chi connectivity index (χ1v) is 7.56. The smallest absolute Gasteiger partial charge is 0.171 e. The van der Waals surface area contributed by atoms with Gasteiger partial charge in [-0.1, -0.05) is 49.0 Å². The Morgan fingerprint density at radius 1 is 1.15 bits per heavy atom. The second-order valence-corrected chi connectivity index (χ2v) is 5.74. The van der Waals surface area contributed by atoms with Crippen LogP contribution in [-0.2, 0) is 0 Å². The monoisotopic (exact) mass is 283 g/mol. The van der Waals surface area contributed by atoms with Crippen molar-refractivity contribution in [2.45, 2.75) is 29.4 Å². The van der Waals surface area contributed by atoms with Gasteiger partial charge in [0.15, 0.2) is 5.16 Å². The van der Waals surface area contributed by atoms with E-state index in [1.807, 2.05) is 36.4 Å². The third-order valence-corrected chi connectivity index (χ3v) is 4.31. The van der Waals surface area contributed by atoms with Gasteiger partial charge < -0.3 is 10.7 Å². The summed E-state index contributed by atoms with van der Waals surface area (Å²) in [6.45, 7) is 2.10. The van der Waals surface area contributed by atoms with E-state index < -0.39 is 0 Å². The maximum atomic E-state index is 6.18. The molecule has 0 unspecified atom stereocenters. The van der Waals surface area contributed by atoms with E-state index in [9.17, 15) is 0 Å². The summed E-state index contributed by atoms with van der Waals surface area (Å²) >= 11 is 1.64. The summed E-state index contributed by atoms with van der Waals surface area (Å²) in [5, 5.41) is 0.905. The first kappa shape index (κ1) is 13.2. The number of benzene rings is 2. The number of aromatic nitrogens is 2. The fraction of sp³-hybridized carbons (Fsp3) is 0.188. The van der Waals surface area contributed by atoms with Crippen LogP contribution < -0.4 is 5.73 Å². The van der Waals surface area contributed by atoms with E-state index in [0.29, 0.717) is 0 Å². The minimum absolute atomic E-state index is 0.0723. The summed E-state index contributed by atoms with van der Waals surface area (Å²) in [7, 11) is 0. The molecule has 0 spiro atoms. The van der Waals surface area contributed by atoms with E-state index in [1.54, 1.807) is 11.8 Å². The van der Waals surface area contributed by atoms with Crippen LogP contribution in [0.4, 0.5) is 0 Å². The molecule has 3 rings (SSSR count). The number of aromatic amines is 1. The molecule has 0 fully saturated rings. The summed E-state index contributed by atoms with van der Waals surface area (Å²) in [5.41, 5.74) is 9.42. The van der Waals surface area contributed by atoms with Crippen LogP contribution in [0.15, 0.2) is 58.6 Å². The van der Waals surface area contributed by atoms with E-state index in [1.165, 1.54) is 10.5 Å². The maximum Gasteiger partial charge on any atom is 0.171 e. The van der Waals surface area contributed by atoms with Crippen LogP contribution >= 0.6 is 11.8 Å². The number of H-pyrrole nitrogens is 1. The zero-order chi connectivity index (χ0) is 13.9. The van der Waals surface area contributed by atoms with Crippen molar-refractivity contribution in [3.8, 4) is 0 Å². The molecule has 0 radical (unpaired) electrons. The molecule has 3 N–H and O–H groups in total. The van der Waals surface area contributed by atoms with E-state index in [2.05, 4.69) is 29.0 Å². The normalized spacial score (nSPS) is 12.7. The predicted octanol–water partition coefficient (Wildman–Crippen LogP) is 4.12. The summed E-state index contributed by atoms with van der Waals surface area (Å²) in [4.78, 5) is 9.11. The van der Waals surface area contributed by atoms with Crippen LogP contribution in [0.5, 0.6) is 0 Å². The molecule has 0 aliphatic heterocycles. The van der Waals surface area contributed by atoms with Crippen LogP contribution in [0.3, 0.4) is 0 Å². The lowest BCUT2D eigenvalue weighted by Gasteiger charge is -2.13. The molecule has 0 amide bonds. The number of nitrogens with one attached hydrogen (secondary N) is 1. The maximum absolute atomic E-state index is 6.18. The van der Waals surface area contributed by atoms with Gasteiger partial charge in [-0.05, 0) is 30.2 Å². The molecule has 0 saturated carbocycles. The largest absolute Gasteiger partial charge is 0.333 e.